The van der Waals surface area contributed by atoms with Gasteiger partial charge in [0.15, 0.2) is 5.88 Å². The first-order valence-corrected chi connectivity index (χ1v) is 7.19. The van der Waals surface area contributed by atoms with Crippen molar-refractivity contribution in [2.24, 2.45) is 4.99 Å². The van der Waals surface area contributed by atoms with Crippen molar-refractivity contribution in [2.45, 2.75) is 19.8 Å². The van der Waals surface area contributed by atoms with E-state index in [0.717, 1.165) is 5.69 Å². The van der Waals surface area contributed by atoms with Crippen LogP contribution in [-0.4, -0.2) is 16.3 Å². The molecule has 22 heavy (non-hydrogen) atoms. The van der Waals surface area contributed by atoms with Crippen LogP contribution < -0.4 is 0 Å². The molecule has 0 spiro atoms. The van der Waals surface area contributed by atoms with Gasteiger partial charge < -0.3 is 10.1 Å². The van der Waals surface area contributed by atoms with Crippen LogP contribution in [0.15, 0.2) is 47.5 Å². The smallest absolute Gasteiger partial charge is 0.198 e. The van der Waals surface area contributed by atoms with Gasteiger partial charge in [0, 0.05) is 17.1 Å². The summed E-state index contributed by atoms with van der Waals surface area (Å²) in [6.07, 6.45) is 1.55. The Morgan fingerprint density at radius 2 is 1.86 bits per heavy atom. The first-order chi connectivity index (χ1) is 10.5. The fourth-order valence-corrected chi connectivity index (χ4v) is 2.39. The molecule has 112 valence electrons. The molecule has 3 aromatic rings. The fourth-order valence-electron chi connectivity index (χ4n) is 2.39. The van der Waals surface area contributed by atoms with Gasteiger partial charge in [-0.25, -0.2) is 4.39 Å². The molecule has 0 saturated carbocycles. The van der Waals surface area contributed by atoms with Gasteiger partial charge >= 0.3 is 0 Å². The molecular formula is C18H17FN2O. The molecular weight excluding hydrogens is 279 g/mol. The Morgan fingerprint density at radius 1 is 1.14 bits per heavy atom. The lowest BCUT2D eigenvalue weighted by atomic mass is 10.0. The molecule has 0 bridgehead atoms. The van der Waals surface area contributed by atoms with Crippen LogP contribution in [0.25, 0.3) is 10.9 Å². The van der Waals surface area contributed by atoms with Crippen molar-refractivity contribution < 1.29 is 9.50 Å². The van der Waals surface area contributed by atoms with Crippen LogP contribution in [0, 0.1) is 5.82 Å². The van der Waals surface area contributed by atoms with Gasteiger partial charge in [0.25, 0.3) is 0 Å². The van der Waals surface area contributed by atoms with Crippen LogP contribution in [0.3, 0.4) is 0 Å². The van der Waals surface area contributed by atoms with Crippen LogP contribution in [0.5, 0.6) is 5.88 Å². The van der Waals surface area contributed by atoms with Crippen molar-refractivity contribution in [3.8, 4) is 5.88 Å². The van der Waals surface area contributed by atoms with E-state index in [1.807, 2.05) is 24.3 Å². The highest BCUT2D eigenvalue weighted by Crippen LogP contribution is 2.27. The Balaban J connectivity index is 1.95. The van der Waals surface area contributed by atoms with Gasteiger partial charge in [-0.05, 0) is 41.8 Å². The lowest BCUT2D eigenvalue weighted by Gasteiger charge is -2.04. The number of hydrogen-bond donors (Lipinski definition) is 2. The number of aromatic amines is 1. The minimum absolute atomic E-state index is 0.0110. The third kappa shape index (κ3) is 2.72. The number of rotatable bonds is 3. The lowest BCUT2D eigenvalue weighted by Crippen LogP contribution is -1.85. The second kappa shape index (κ2) is 5.64. The molecule has 1 aromatic heterocycles. The van der Waals surface area contributed by atoms with E-state index < -0.39 is 0 Å². The number of halogens is 1. The van der Waals surface area contributed by atoms with Gasteiger partial charge in [-0.15, -0.1) is 0 Å². The third-order valence-corrected chi connectivity index (χ3v) is 3.68. The molecule has 0 atom stereocenters. The van der Waals surface area contributed by atoms with Gasteiger partial charge in [-0.2, -0.15) is 0 Å². The maximum atomic E-state index is 13.4. The summed E-state index contributed by atoms with van der Waals surface area (Å²) in [5.41, 5.74) is 3.20. The molecule has 1 heterocycles. The zero-order valence-electron chi connectivity index (χ0n) is 12.5. The summed E-state index contributed by atoms with van der Waals surface area (Å²) in [6, 6.07) is 12.3. The Hall–Kier alpha value is -2.62. The van der Waals surface area contributed by atoms with E-state index in [9.17, 15) is 9.50 Å². The van der Waals surface area contributed by atoms with Crippen molar-refractivity contribution in [2.75, 3.05) is 0 Å². The van der Waals surface area contributed by atoms with Gasteiger partial charge in [0.05, 0.1) is 11.3 Å². The number of hydrogen-bond acceptors (Lipinski definition) is 2. The molecule has 0 aliphatic rings. The molecule has 0 unspecified atom stereocenters. The number of nitrogens with one attached hydrogen (secondary N) is 1. The molecule has 4 heteroatoms. The standard InChI is InChI=1S/C18H17FN2O/c1-11(2)12-3-6-14(7-4-12)20-10-16-15-9-13(19)5-8-17(15)21-18(16)22/h3-11,21-22H,1-2H3. The van der Waals surface area contributed by atoms with E-state index in [0.29, 0.717) is 22.4 Å². The third-order valence-electron chi connectivity index (χ3n) is 3.68. The maximum Gasteiger partial charge on any atom is 0.198 e. The van der Waals surface area contributed by atoms with E-state index in [2.05, 4.69) is 23.8 Å². The first kappa shape index (κ1) is 14.3. The molecule has 0 aliphatic heterocycles. The summed E-state index contributed by atoms with van der Waals surface area (Å²) in [5, 5.41) is 10.6. The highest BCUT2D eigenvalue weighted by molar-refractivity contribution is 6.02. The summed E-state index contributed by atoms with van der Waals surface area (Å²) >= 11 is 0. The van der Waals surface area contributed by atoms with Crippen molar-refractivity contribution in [3.05, 3.63) is 59.4 Å². The normalized spacial score (nSPS) is 11.8. The average Bonchev–Trinajstić information content (AvgIpc) is 2.80. The van der Waals surface area contributed by atoms with Crippen molar-refractivity contribution >= 4 is 22.8 Å². The average molecular weight is 296 g/mol. The number of H-pyrrole nitrogens is 1. The second-order valence-electron chi connectivity index (χ2n) is 5.58. The molecule has 0 amide bonds. The van der Waals surface area contributed by atoms with E-state index in [-0.39, 0.29) is 11.7 Å². The zero-order valence-corrected chi connectivity index (χ0v) is 12.5. The monoisotopic (exact) mass is 296 g/mol. The maximum absolute atomic E-state index is 13.4. The van der Waals surface area contributed by atoms with Crippen molar-refractivity contribution in [1.29, 1.82) is 0 Å². The minimum Gasteiger partial charge on any atom is -0.494 e. The molecule has 3 rings (SSSR count). The highest BCUT2D eigenvalue weighted by atomic mass is 19.1. The molecule has 0 radical (unpaired) electrons. The molecule has 3 nitrogen and oxygen atoms in total. The largest absolute Gasteiger partial charge is 0.494 e. The summed E-state index contributed by atoms with van der Waals surface area (Å²) < 4.78 is 13.4. The summed E-state index contributed by atoms with van der Waals surface area (Å²) in [6.45, 7) is 4.27. The fraction of sp³-hybridized carbons (Fsp3) is 0.167. The molecule has 0 fully saturated rings. The lowest BCUT2D eigenvalue weighted by molar-refractivity contribution is 0.457. The minimum atomic E-state index is -0.345. The number of aromatic nitrogens is 1. The highest BCUT2D eigenvalue weighted by Gasteiger charge is 2.09. The van der Waals surface area contributed by atoms with Crippen molar-refractivity contribution in [3.63, 3.8) is 0 Å². The Kier molecular flexibility index (Phi) is 3.67. The second-order valence-corrected chi connectivity index (χ2v) is 5.58. The number of aliphatic imine (C=N–C) groups is 1. The topological polar surface area (TPSA) is 48.4 Å². The predicted molar refractivity (Wildman–Crippen MR) is 87.7 cm³/mol. The van der Waals surface area contributed by atoms with Gasteiger partial charge in [0.2, 0.25) is 0 Å². The van der Waals surface area contributed by atoms with Crippen LogP contribution in [0.1, 0.15) is 30.9 Å². The van der Waals surface area contributed by atoms with Crippen LogP contribution in [0.2, 0.25) is 0 Å². The number of nitrogens with zero attached hydrogens (tertiary/aromatic N) is 1. The SMILES string of the molecule is CC(C)c1ccc(N=Cc2c(O)[nH]c3ccc(F)cc23)cc1. The first-order valence-electron chi connectivity index (χ1n) is 7.19. The van der Waals surface area contributed by atoms with Crippen molar-refractivity contribution in [1.82, 2.24) is 4.98 Å². The van der Waals surface area contributed by atoms with E-state index in [1.54, 1.807) is 12.3 Å². The van der Waals surface area contributed by atoms with E-state index in [4.69, 9.17) is 0 Å². The van der Waals surface area contributed by atoms with E-state index >= 15 is 0 Å². The Morgan fingerprint density at radius 3 is 2.55 bits per heavy atom. The summed E-state index contributed by atoms with van der Waals surface area (Å²) in [4.78, 5) is 7.17. The van der Waals surface area contributed by atoms with Gasteiger partial charge in [-0.3, -0.25) is 4.99 Å². The summed E-state index contributed by atoms with van der Waals surface area (Å²) in [5.74, 6) is 0.115. The van der Waals surface area contributed by atoms with Crippen LogP contribution in [-0.2, 0) is 0 Å². The van der Waals surface area contributed by atoms with Crippen LogP contribution >= 0.6 is 0 Å². The molecule has 2 aromatic carbocycles. The zero-order chi connectivity index (χ0) is 15.7. The Bertz CT molecular complexity index is 832. The molecule has 0 aliphatic carbocycles. The van der Waals surface area contributed by atoms with E-state index in [1.165, 1.54) is 17.7 Å². The van der Waals surface area contributed by atoms with Crippen LogP contribution in [0.4, 0.5) is 10.1 Å². The molecule has 2 N–H and O–H groups in total. The Labute approximate surface area is 128 Å². The van der Waals surface area contributed by atoms with Gasteiger partial charge in [-0.1, -0.05) is 26.0 Å². The quantitative estimate of drug-likeness (QED) is 0.664. The number of aromatic hydroxyl groups is 1. The molecule has 0 saturated heterocycles. The van der Waals surface area contributed by atoms with Gasteiger partial charge in [0.1, 0.15) is 5.82 Å². The number of benzene rings is 2. The number of fused-ring (bicyclic) bond motifs is 1. The predicted octanol–water partition coefficient (Wildman–Crippen LogP) is 4.89. The summed E-state index contributed by atoms with van der Waals surface area (Å²) in [7, 11) is 0.